The number of aliphatic hydroxyl groups is 1. The number of halogens is 1. The smallest absolute Gasteiger partial charge is 0.165 e. The zero-order chi connectivity index (χ0) is 15.1. The van der Waals surface area contributed by atoms with Gasteiger partial charge in [0.1, 0.15) is 0 Å². The van der Waals surface area contributed by atoms with E-state index < -0.39 is 0 Å². The number of rotatable bonds is 8. The summed E-state index contributed by atoms with van der Waals surface area (Å²) in [6.45, 7) is 2.01. The lowest BCUT2D eigenvalue weighted by molar-refractivity contribution is 0.0955. The summed E-state index contributed by atoms with van der Waals surface area (Å²) in [4.78, 5) is 14.2. The molecule has 0 saturated carbocycles. The fourth-order valence-corrected chi connectivity index (χ4v) is 3.00. The zero-order valence-electron chi connectivity index (χ0n) is 11.7. The standard InChI is InChI=1S/C16H18ClNO2S/c17-16-10-14(12-21-16)15(20)6-7-18(8-9-19)11-13-4-2-1-3-5-13/h1-5,10,12,19H,6-9,11H2. The van der Waals surface area contributed by atoms with E-state index >= 15 is 0 Å². The molecule has 1 N–H and O–H groups in total. The van der Waals surface area contributed by atoms with Crippen molar-refractivity contribution in [1.29, 1.82) is 0 Å². The minimum atomic E-state index is 0.0886. The first-order valence-electron chi connectivity index (χ1n) is 6.83. The van der Waals surface area contributed by atoms with Crippen molar-refractivity contribution in [3.05, 3.63) is 57.2 Å². The van der Waals surface area contributed by atoms with Gasteiger partial charge in [-0.2, -0.15) is 0 Å². The molecule has 112 valence electrons. The van der Waals surface area contributed by atoms with E-state index in [4.69, 9.17) is 16.7 Å². The molecule has 2 rings (SSSR count). The number of aliphatic hydroxyl groups excluding tert-OH is 1. The predicted octanol–water partition coefficient (Wildman–Crippen LogP) is 3.47. The molecule has 2 aromatic rings. The molecule has 0 bridgehead atoms. The monoisotopic (exact) mass is 323 g/mol. The van der Waals surface area contributed by atoms with Crippen LogP contribution in [0.15, 0.2) is 41.8 Å². The van der Waals surface area contributed by atoms with Gasteiger partial charge < -0.3 is 5.11 Å². The molecule has 0 aliphatic heterocycles. The van der Waals surface area contributed by atoms with Crippen LogP contribution in [0.2, 0.25) is 4.34 Å². The minimum Gasteiger partial charge on any atom is -0.395 e. The van der Waals surface area contributed by atoms with Crippen molar-refractivity contribution in [2.45, 2.75) is 13.0 Å². The number of carbonyl (C=O) groups excluding carboxylic acids is 1. The molecule has 1 heterocycles. The summed E-state index contributed by atoms with van der Waals surface area (Å²) in [5.74, 6) is 0.0918. The van der Waals surface area contributed by atoms with E-state index in [9.17, 15) is 4.79 Å². The number of ketones is 1. The average molecular weight is 324 g/mol. The highest BCUT2D eigenvalue weighted by Crippen LogP contribution is 2.21. The SMILES string of the molecule is O=C(CCN(CCO)Cc1ccccc1)c1csc(Cl)c1. The van der Waals surface area contributed by atoms with Crippen molar-refractivity contribution in [3.8, 4) is 0 Å². The van der Waals surface area contributed by atoms with Crippen LogP contribution >= 0.6 is 22.9 Å². The average Bonchev–Trinajstić information content (AvgIpc) is 2.92. The van der Waals surface area contributed by atoms with Gasteiger partial charge in [0.25, 0.3) is 0 Å². The third-order valence-electron chi connectivity index (χ3n) is 3.21. The van der Waals surface area contributed by atoms with E-state index in [2.05, 4.69) is 4.90 Å². The molecule has 0 aliphatic carbocycles. The van der Waals surface area contributed by atoms with E-state index in [-0.39, 0.29) is 12.4 Å². The third kappa shape index (κ3) is 5.25. The molecule has 0 fully saturated rings. The summed E-state index contributed by atoms with van der Waals surface area (Å²) in [6.07, 6.45) is 0.430. The Hall–Kier alpha value is -1.20. The van der Waals surface area contributed by atoms with Gasteiger partial charge in [0, 0.05) is 37.0 Å². The van der Waals surface area contributed by atoms with Crippen LogP contribution < -0.4 is 0 Å². The van der Waals surface area contributed by atoms with Crippen molar-refractivity contribution in [3.63, 3.8) is 0 Å². The maximum absolute atomic E-state index is 12.1. The zero-order valence-corrected chi connectivity index (χ0v) is 13.2. The number of carbonyl (C=O) groups is 1. The fourth-order valence-electron chi connectivity index (χ4n) is 2.11. The quantitative estimate of drug-likeness (QED) is 0.756. The Balaban J connectivity index is 1.89. The van der Waals surface area contributed by atoms with Crippen LogP contribution in [0.3, 0.4) is 0 Å². The van der Waals surface area contributed by atoms with E-state index in [1.165, 1.54) is 16.9 Å². The molecule has 0 atom stereocenters. The molecule has 0 unspecified atom stereocenters. The van der Waals surface area contributed by atoms with Crippen molar-refractivity contribution in [2.24, 2.45) is 0 Å². The predicted molar refractivity (Wildman–Crippen MR) is 87.1 cm³/mol. The van der Waals surface area contributed by atoms with Crippen LogP contribution in [-0.4, -0.2) is 35.5 Å². The summed E-state index contributed by atoms with van der Waals surface area (Å²) in [7, 11) is 0. The Labute approximate surface area is 133 Å². The number of thiophene rings is 1. The Morgan fingerprint density at radius 1 is 1.24 bits per heavy atom. The van der Waals surface area contributed by atoms with Crippen molar-refractivity contribution >= 4 is 28.7 Å². The minimum absolute atomic E-state index is 0.0886. The van der Waals surface area contributed by atoms with Crippen LogP contribution in [0.4, 0.5) is 0 Å². The van der Waals surface area contributed by atoms with Gasteiger partial charge in [0.2, 0.25) is 0 Å². The highest BCUT2D eigenvalue weighted by molar-refractivity contribution is 7.14. The first-order valence-corrected chi connectivity index (χ1v) is 8.09. The Kier molecular flexibility index (Phi) is 6.39. The second-order valence-electron chi connectivity index (χ2n) is 4.80. The number of benzene rings is 1. The molecule has 5 heteroatoms. The van der Waals surface area contributed by atoms with Crippen molar-refractivity contribution in [1.82, 2.24) is 4.90 Å². The van der Waals surface area contributed by atoms with Gasteiger partial charge in [0.05, 0.1) is 10.9 Å². The lowest BCUT2D eigenvalue weighted by Crippen LogP contribution is -2.28. The number of Topliss-reactive ketones (excluding diaryl/α,β-unsaturated/α-hetero) is 1. The van der Waals surface area contributed by atoms with Crippen molar-refractivity contribution in [2.75, 3.05) is 19.7 Å². The summed E-state index contributed by atoms with van der Waals surface area (Å²) in [5, 5.41) is 10.9. The first kappa shape index (κ1) is 16.2. The molecule has 0 amide bonds. The number of hydrogen-bond acceptors (Lipinski definition) is 4. The molecule has 1 aromatic heterocycles. The summed E-state index contributed by atoms with van der Waals surface area (Å²) in [5.41, 5.74) is 1.85. The lowest BCUT2D eigenvalue weighted by Gasteiger charge is -2.20. The van der Waals surface area contributed by atoms with Gasteiger partial charge in [0.15, 0.2) is 5.78 Å². The normalized spacial score (nSPS) is 11.0. The topological polar surface area (TPSA) is 40.5 Å². The van der Waals surface area contributed by atoms with Crippen LogP contribution in [0.1, 0.15) is 22.3 Å². The second-order valence-corrected chi connectivity index (χ2v) is 6.34. The van der Waals surface area contributed by atoms with Crippen LogP contribution in [0, 0.1) is 0 Å². The highest BCUT2D eigenvalue weighted by Gasteiger charge is 2.12. The van der Waals surface area contributed by atoms with Gasteiger partial charge in [-0.15, -0.1) is 11.3 Å². The van der Waals surface area contributed by atoms with Gasteiger partial charge >= 0.3 is 0 Å². The van der Waals surface area contributed by atoms with E-state index in [1.54, 1.807) is 11.4 Å². The van der Waals surface area contributed by atoms with Gasteiger partial charge in [-0.3, -0.25) is 9.69 Å². The van der Waals surface area contributed by atoms with E-state index in [0.717, 1.165) is 6.54 Å². The molecule has 0 radical (unpaired) electrons. The molecular formula is C16H18ClNO2S. The molecule has 1 aromatic carbocycles. The van der Waals surface area contributed by atoms with Gasteiger partial charge in [-0.1, -0.05) is 41.9 Å². The molecule has 0 spiro atoms. The summed E-state index contributed by atoms with van der Waals surface area (Å²) >= 11 is 7.22. The fraction of sp³-hybridized carbons (Fsp3) is 0.312. The Bertz CT molecular complexity index is 571. The number of nitrogens with zero attached hydrogens (tertiary/aromatic N) is 1. The second kappa shape index (κ2) is 8.29. The highest BCUT2D eigenvalue weighted by atomic mass is 35.5. The maximum Gasteiger partial charge on any atom is 0.165 e. The molecule has 21 heavy (non-hydrogen) atoms. The maximum atomic E-state index is 12.1. The van der Waals surface area contributed by atoms with Gasteiger partial charge in [-0.05, 0) is 11.6 Å². The molecular weight excluding hydrogens is 306 g/mol. The largest absolute Gasteiger partial charge is 0.395 e. The molecule has 3 nitrogen and oxygen atoms in total. The van der Waals surface area contributed by atoms with Crippen LogP contribution in [0.25, 0.3) is 0 Å². The van der Waals surface area contributed by atoms with Crippen LogP contribution in [-0.2, 0) is 6.54 Å². The van der Waals surface area contributed by atoms with Gasteiger partial charge in [-0.25, -0.2) is 0 Å². The number of hydrogen-bond donors (Lipinski definition) is 1. The lowest BCUT2D eigenvalue weighted by atomic mass is 10.1. The van der Waals surface area contributed by atoms with Crippen LogP contribution in [0.5, 0.6) is 0 Å². The summed E-state index contributed by atoms with van der Waals surface area (Å²) in [6, 6.07) is 11.8. The first-order chi connectivity index (χ1) is 10.2. The molecule has 0 saturated heterocycles. The van der Waals surface area contributed by atoms with E-state index in [0.29, 0.717) is 29.4 Å². The Morgan fingerprint density at radius 2 is 2.00 bits per heavy atom. The third-order valence-corrected chi connectivity index (χ3v) is 4.30. The molecule has 0 aliphatic rings. The summed E-state index contributed by atoms with van der Waals surface area (Å²) < 4.78 is 0.634. The Morgan fingerprint density at radius 3 is 2.62 bits per heavy atom. The van der Waals surface area contributed by atoms with Crippen molar-refractivity contribution < 1.29 is 9.90 Å². The van der Waals surface area contributed by atoms with E-state index in [1.807, 2.05) is 30.3 Å².